The molecule has 1 atom stereocenters. The van der Waals surface area contributed by atoms with Crippen molar-refractivity contribution in [3.05, 3.63) is 60.2 Å². The molecule has 3 rings (SSSR count). The van der Waals surface area contributed by atoms with Gasteiger partial charge in [0.15, 0.2) is 0 Å². The lowest BCUT2D eigenvalue weighted by atomic mass is 10.2. The number of amides is 2. The summed E-state index contributed by atoms with van der Waals surface area (Å²) in [6.45, 7) is 6.59. The van der Waals surface area contributed by atoms with Crippen LogP contribution in [-0.2, 0) is 0 Å². The summed E-state index contributed by atoms with van der Waals surface area (Å²) in [7, 11) is 0. The van der Waals surface area contributed by atoms with Crippen molar-refractivity contribution in [1.82, 2.24) is 10.2 Å². The van der Waals surface area contributed by atoms with Crippen LogP contribution in [0.2, 0.25) is 0 Å². The third kappa shape index (κ3) is 4.99. The highest BCUT2D eigenvalue weighted by Gasteiger charge is 2.21. The second-order valence-electron chi connectivity index (χ2n) is 6.70. The number of benzene rings is 2. The van der Waals surface area contributed by atoms with E-state index in [2.05, 4.69) is 57.7 Å². The minimum absolute atomic E-state index is 0.250. The van der Waals surface area contributed by atoms with Crippen molar-refractivity contribution in [2.45, 2.75) is 13.0 Å². The summed E-state index contributed by atoms with van der Waals surface area (Å²) < 4.78 is 0. The zero-order valence-corrected chi connectivity index (χ0v) is 15.6. The van der Waals surface area contributed by atoms with Gasteiger partial charge in [0.2, 0.25) is 0 Å². The van der Waals surface area contributed by atoms with Crippen molar-refractivity contribution in [2.75, 3.05) is 42.9 Å². The Hall–Kier alpha value is -3.04. The zero-order valence-electron chi connectivity index (χ0n) is 15.6. The lowest BCUT2D eigenvalue weighted by Crippen LogP contribution is -2.52. The number of carbonyl (C=O) groups excluding carboxylic acids is 1. The molecule has 2 aromatic rings. The van der Waals surface area contributed by atoms with E-state index < -0.39 is 0 Å². The van der Waals surface area contributed by atoms with Crippen LogP contribution in [0, 0.1) is 11.3 Å². The summed E-state index contributed by atoms with van der Waals surface area (Å²) >= 11 is 0. The molecule has 2 N–H and O–H groups in total. The maximum Gasteiger partial charge on any atom is 0.319 e. The van der Waals surface area contributed by atoms with Gasteiger partial charge in [-0.1, -0.05) is 30.3 Å². The van der Waals surface area contributed by atoms with Crippen LogP contribution >= 0.6 is 0 Å². The number of nitriles is 1. The number of hydrogen-bond acceptors (Lipinski definition) is 4. The molecule has 1 aliphatic heterocycles. The number of carbonyl (C=O) groups is 1. The SMILES string of the molecule is CC(CNC(=O)Nc1ccccc1C#N)N1CCN(c2ccccc2)CC1. The Bertz CT molecular complexity index is 794. The third-order valence-corrected chi connectivity index (χ3v) is 4.91. The van der Waals surface area contributed by atoms with Crippen molar-refractivity contribution in [2.24, 2.45) is 0 Å². The summed E-state index contributed by atoms with van der Waals surface area (Å²) in [6.07, 6.45) is 0. The number of nitrogens with one attached hydrogen (secondary N) is 2. The van der Waals surface area contributed by atoms with Crippen molar-refractivity contribution >= 4 is 17.4 Å². The Kier molecular flexibility index (Phi) is 6.29. The van der Waals surface area contributed by atoms with Gasteiger partial charge in [-0.2, -0.15) is 5.26 Å². The Morgan fingerprint density at radius 3 is 2.44 bits per heavy atom. The molecule has 1 fully saturated rings. The highest BCUT2D eigenvalue weighted by Crippen LogP contribution is 2.16. The summed E-state index contributed by atoms with van der Waals surface area (Å²) in [5.41, 5.74) is 2.25. The van der Waals surface area contributed by atoms with Crippen molar-refractivity contribution in [1.29, 1.82) is 5.26 Å². The lowest BCUT2D eigenvalue weighted by Gasteiger charge is -2.39. The van der Waals surface area contributed by atoms with Gasteiger partial charge in [-0.15, -0.1) is 0 Å². The van der Waals surface area contributed by atoms with Gasteiger partial charge in [0, 0.05) is 44.5 Å². The number of anilines is 2. The first-order valence-corrected chi connectivity index (χ1v) is 9.25. The van der Waals surface area contributed by atoms with Crippen LogP contribution in [0.3, 0.4) is 0 Å². The van der Waals surface area contributed by atoms with Gasteiger partial charge in [-0.25, -0.2) is 4.79 Å². The molecular formula is C21H25N5O. The maximum absolute atomic E-state index is 12.1. The van der Waals surface area contributed by atoms with Crippen LogP contribution in [0.1, 0.15) is 12.5 Å². The predicted octanol–water partition coefficient (Wildman–Crippen LogP) is 2.89. The smallest absolute Gasteiger partial charge is 0.319 e. The van der Waals surface area contributed by atoms with Crippen LogP contribution in [-0.4, -0.2) is 49.7 Å². The summed E-state index contributed by atoms with van der Waals surface area (Å²) in [4.78, 5) is 16.9. The first-order chi connectivity index (χ1) is 13.2. The van der Waals surface area contributed by atoms with Crippen molar-refractivity contribution in [3.63, 3.8) is 0 Å². The van der Waals surface area contributed by atoms with Gasteiger partial charge >= 0.3 is 6.03 Å². The molecule has 0 bridgehead atoms. The molecule has 140 valence electrons. The Morgan fingerprint density at radius 2 is 1.74 bits per heavy atom. The maximum atomic E-state index is 12.1. The molecule has 27 heavy (non-hydrogen) atoms. The van der Waals surface area contributed by atoms with E-state index >= 15 is 0 Å². The van der Waals surface area contributed by atoms with E-state index in [4.69, 9.17) is 5.26 Å². The number of nitrogens with zero attached hydrogens (tertiary/aromatic N) is 3. The number of piperazine rings is 1. The van der Waals surface area contributed by atoms with Gasteiger partial charge < -0.3 is 15.5 Å². The van der Waals surface area contributed by atoms with E-state index in [1.165, 1.54) is 5.69 Å². The molecule has 0 aliphatic carbocycles. The number of urea groups is 1. The lowest BCUT2D eigenvalue weighted by molar-refractivity contribution is 0.192. The molecule has 2 amide bonds. The average molecular weight is 363 g/mol. The average Bonchev–Trinajstić information content (AvgIpc) is 2.73. The Morgan fingerprint density at radius 1 is 1.07 bits per heavy atom. The Balaban J connectivity index is 1.44. The van der Waals surface area contributed by atoms with Gasteiger partial charge in [0.05, 0.1) is 11.3 Å². The van der Waals surface area contributed by atoms with Gasteiger partial charge in [0.25, 0.3) is 0 Å². The fourth-order valence-electron chi connectivity index (χ4n) is 3.29. The van der Waals surface area contributed by atoms with Crippen molar-refractivity contribution < 1.29 is 4.79 Å². The highest BCUT2D eigenvalue weighted by atomic mass is 16.2. The number of rotatable bonds is 5. The molecular weight excluding hydrogens is 338 g/mol. The summed E-state index contributed by atoms with van der Waals surface area (Å²) in [6, 6.07) is 19.5. The normalized spacial score (nSPS) is 15.6. The number of hydrogen-bond donors (Lipinski definition) is 2. The number of para-hydroxylation sites is 2. The molecule has 6 nitrogen and oxygen atoms in total. The molecule has 1 heterocycles. The van der Waals surface area contributed by atoms with Crippen LogP contribution < -0.4 is 15.5 Å². The second-order valence-corrected chi connectivity index (χ2v) is 6.70. The van der Waals surface area contributed by atoms with Crippen LogP contribution in [0.25, 0.3) is 0 Å². The molecule has 1 unspecified atom stereocenters. The molecule has 0 radical (unpaired) electrons. The standard InChI is InChI=1S/C21H25N5O/c1-17(16-23-21(27)24-20-10-6-5-7-18(20)15-22)25-11-13-26(14-12-25)19-8-3-2-4-9-19/h2-10,17H,11-14,16H2,1H3,(H2,23,24,27). The highest BCUT2D eigenvalue weighted by molar-refractivity contribution is 5.90. The van der Waals surface area contributed by atoms with E-state index in [1.54, 1.807) is 24.3 Å². The van der Waals surface area contributed by atoms with Crippen molar-refractivity contribution in [3.8, 4) is 6.07 Å². The minimum Gasteiger partial charge on any atom is -0.369 e. The summed E-state index contributed by atoms with van der Waals surface area (Å²) in [5.74, 6) is 0. The van der Waals surface area contributed by atoms with E-state index in [-0.39, 0.29) is 12.1 Å². The van der Waals surface area contributed by atoms with E-state index in [1.807, 2.05) is 6.07 Å². The largest absolute Gasteiger partial charge is 0.369 e. The molecule has 2 aromatic carbocycles. The van der Waals surface area contributed by atoms with Crippen LogP contribution in [0.5, 0.6) is 0 Å². The first kappa shape index (κ1) is 18.7. The molecule has 1 aliphatic rings. The summed E-state index contributed by atoms with van der Waals surface area (Å²) in [5, 5.41) is 14.7. The van der Waals surface area contributed by atoms with Gasteiger partial charge in [-0.05, 0) is 31.2 Å². The predicted molar refractivity (Wildman–Crippen MR) is 108 cm³/mol. The Labute approximate surface area is 160 Å². The topological polar surface area (TPSA) is 71.4 Å². The quantitative estimate of drug-likeness (QED) is 0.857. The molecule has 6 heteroatoms. The van der Waals surface area contributed by atoms with Gasteiger partial charge in [-0.3, -0.25) is 4.90 Å². The second kappa shape index (κ2) is 9.06. The molecule has 0 aromatic heterocycles. The molecule has 0 spiro atoms. The minimum atomic E-state index is -0.285. The van der Waals surface area contributed by atoms with Gasteiger partial charge in [0.1, 0.15) is 6.07 Å². The van der Waals surface area contributed by atoms with E-state index in [0.29, 0.717) is 17.8 Å². The third-order valence-electron chi connectivity index (χ3n) is 4.91. The fraction of sp³-hybridized carbons (Fsp3) is 0.333. The van der Waals surface area contributed by atoms with E-state index in [9.17, 15) is 4.79 Å². The molecule has 1 saturated heterocycles. The monoisotopic (exact) mass is 363 g/mol. The fourth-order valence-corrected chi connectivity index (χ4v) is 3.29. The van der Waals surface area contributed by atoms with Crippen LogP contribution in [0.15, 0.2) is 54.6 Å². The first-order valence-electron chi connectivity index (χ1n) is 9.25. The zero-order chi connectivity index (χ0) is 19.1. The van der Waals surface area contributed by atoms with Crippen LogP contribution in [0.4, 0.5) is 16.2 Å². The van der Waals surface area contributed by atoms with E-state index in [0.717, 1.165) is 26.2 Å². The molecule has 0 saturated carbocycles.